The molecule has 2 N–H and O–H groups in total. The van der Waals surface area contributed by atoms with Gasteiger partial charge in [0, 0.05) is 22.9 Å². The first-order valence-corrected chi connectivity index (χ1v) is 9.89. The Morgan fingerprint density at radius 1 is 1.03 bits per heavy atom. The van der Waals surface area contributed by atoms with Gasteiger partial charge in [-0.1, -0.05) is 49.4 Å². The lowest BCUT2D eigenvalue weighted by Crippen LogP contribution is -2.18. The van der Waals surface area contributed by atoms with Gasteiger partial charge in [0.1, 0.15) is 5.75 Å². The molecule has 0 fully saturated rings. The molecule has 0 aliphatic rings. The van der Waals surface area contributed by atoms with Crippen LogP contribution in [0.15, 0.2) is 59.4 Å². The SMILES string of the molecule is Cc1cc(O)c(-c2ccc([C@@H](C)CN(C)C)cc2)c2c1[nH]c(=O)c1ccccc12. The van der Waals surface area contributed by atoms with E-state index in [1.54, 1.807) is 6.07 Å². The van der Waals surface area contributed by atoms with Crippen LogP contribution < -0.4 is 5.56 Å². The number of fused-ring (bicyclic) bond motifs is 3. The van der Waals surface area contributed by atoms with E-state index < -0.39 is 0 Å². The van der Waals surface area contributed by atoms with E-state index in [1.165, 1.54) is 5.56 Å². The minimum Gasteiger partial charge on any atom is -0.507 e. The second kappa shape index (κ2) is 7.37. The van der Waals surface area contributed by atoms with Crippen LogP contribution in [0.5, 0.6) is 5.75 Å². The van der Waals surface area contributed by atoms with E-state index in [0.717, 1.165) is 39.5 Å². The fraction of sp³-hybridized carbons (Fsp3) is 0.240. The van der Waals surface area contributed by atoms with E-state index in [0.29, 0.717) is 11.3 Å². The average molecular weight is 386 g/mol. The zero-order valence-electron chi connectivity index (χ0n) is 17.3. The summed E-state index contributed by atoms with van der Waals surface area (Å²) in [4.78, 5) is 17.8. The molecule has 0 saturated carbocycles. The first kappa shape index (κ1) is 19.2. The fourth-order valence-electron chi connectivity index (χ4n) is 4.23. The Bertz CT molecular complexity index is 1250. The number of phenols is 1. The van der Waals surface area contributed by atoms with Crippen molar-refractivity contribution >= 4 is 21.7 Å². The number of aromatic nitrogens is 1. The third kappa shape index (κ3) is 3.40. The van der Waals surface area contributed by atoms with E-state index in [9.17, 15) is 9.90 Å². The highest BCUT2D eigenvalue weighted by molar-refractivity contribution is 6.14. The number of aromatic amines is 1. The summed E-state index contributed by atoms with van der Waals surface area (Å²) in [7, 11) is 4.15. The number of H-pyrrole nitrogens is 1. The Kier molecular flexibility index (Phi) is 4.89. The minimum atomic E-state index is -0.110. The summed E-state index contributed by atoms with van der Waals surface area (Å²) in [6, 6.07) is 17.7. The number of benzene rings is 3. The third-order valence-electron chi connectivity index (χ3n) is 5.59. The molecule has 4 nitrogen and oxygen atoms in total. The van der Waals surface area contributed by atoms with Crippen molar-refractivity contribution in [1.29, 1.82) is 0 Å². The van der Waals surface area contributed by atoms with Crippen LogP contribution in [0.1, 0.15) is 24.0 Å². The molecule has 3 aromatic carbocycles. The molecule has 0 bridgehead atoms. The molecule has 0 aliphatic heterocycles. The predicted molar refractivity (Wildman–Crippen MR) is 121 cm³/mol. The highest BCUT2D eigenvalue weighted by atomic mass is 16.3. The van der Waals surface area contributed by atoms with E-state index in [-0.39, 0.29) is 11.3 Å². The van der Waals surface area contributed by atoms with E-state index >= 15 is 0 Å². The molecule has 29 heavy (non-hydrogen) atoms. The van der Waals surface area contributed by atoms with Crippen LogP contribution in [0.4, 0.5) is 0 Å². The van der Waals surface area contributed by atoms with Crippen molar-refractivity contribution in [3.05, 3.63) is 76.1 Å². The van der Waals surface area contributed by atoms with Crippen LogP contribution >= 0.6 is 0 Å². The van der Waals surface area contributed by atoms with Crippen LogP contribution in [-0.2, 0) is 0 Å². The number of hydrogen-bond acceptors (Lipinski definition) is 3. The number of hydrogen-bond donors (Lipinski definition) is 2. The molecule has 1 heterocycles. The molecular formula is C25H26N2O2. The number of pyridine rings is 1. The Morgan fingerprint density at radius 2 is 1.69 bits per heavy atom. The van der Waals surface area contributed by atoms with E-state index in [2.05, 4.69) is 55.2 Å². The zero-order chi connectivity index (χ0) is 20.7. The molecule has 0 spiro atoms. The van der Waals surface area contributed by atoms with Crippen LogP contribution in [0.25, 0.3) is 32.8 Å². The molecular weight excluding hydrogens is 360 g/mol. The molecule has 4 aromatic rings. The monoisotopic (exact) mass is 386 g/mol. The summed E-state index contributed by atoms with van der Waals surface area (Å²) in [5.74, 6) is 0.640. The second-order valence-corrected chi connectivity index (χ2v) is 8.12. The maximum Gasteiger partial charge on any atom is 0.256 e. The van der Waals surface area contributed by atoms with Crippen molar-refractivity contribution in [2.75, 3.05) is 20.6 Å². The van der Waals surface area contributed by atoms with Crippen LogP contribution in [0.3, 0.4) is 0 Å². The van der Waals surface area contributed by atoms with Gasteiger partial charge in [-0.25, -0.2) is 0 Å². The molecule has 1 aromatic heterocycles. The quantitative estimate of drug-likeness (QED) is 0.484. The first-order chi connectivity index (χ1) is 13.9. The van der Waals surface area contributed by atoms with Crippen molar-refractivity contribution < 1.29 is 5.11 Å². The topological polar surface area (TPSA) is 56.3 Å². The molecule has 0 aliphatic carbocycles. The van der Waals surface area contributed by atoms with Gasteiger partial charge in [0.2, 0.25) is 0 Å². The van der Waals surface area contributed by atoms with Gasteiger partial charge < -0.3 is 15.0 Å². The lowest BCUT2D eigenvalue weighted by Gasteiger charge is -2.18. The first-order valence-electron chi connectivity index (χ1n) is 9.89. The molecule has 4 heteroatoms. The summed E-state index contributed by atoms with van der Waals surface area (Å²) in [6.07, 6.45) is 0. The van der Waals surface area contributed by atoms with Gasteiger partial charge in [-0.15, -0.1) is 0 Å². The van der Waals surface area contributed by atoms with Crippen LogP contribution in [0.2, 0.25) is 0 Å². The molecule has 0 radical (unpaired) electrons. The summed E-state index contributed by atoms with van der Waals surface area (Å²) in [5.41, 5.74) is 4.46. The van der Waals surface area contributed by atoms with Gasteiger partial charge >= 0.3 is 0 Å². The number of aromatic hydroxyl groups is 1. The van der Waals surface area contributed by atoms with Crippen LogP contribution in [-0.4, -0.2) is 35.6 Å². The van der Waals surface area contributed by atoms with Crippen molar-refractivity contribution in [3.8, 4) is 16.9 Å². The molecule has 0 unspecified atom stereocenters. The Hall–Kier alpha value is -3.11. The van der Waals surface area contributed by atoms with E-state index in [1.807, 2.05) is 31.2 Å². The number of likely N-dealkylation sites (N-methyl/N-ethyl adjacent to an activating group) is 1. The molecule has 4 rings (SSSR count). The summed E-state index contributed by atoms with van der Waals surface area (Å²) in [5, 5.41) is 13.2. The highest BCUT2D eigenvalue weighted by Gasteiger charge is 2.17. The molecule has 0 saturated heterocycles. The van der Waals surface area contributed by atoms with Crippen LogP contribution in [0, 0.1) is 6.92 Å². The zero-order valence-corrected chi connectivity index (χ0v) is 17.3. The third-order valence-corrected chi connectivity index (χ3v) is 5.59. The lowest BCUT2D eigenvalue weighted by atomic mass is 9.92. The normalized spacial score (nSPS) is 12.7. The maximum atomic E-state index is 12.6. The number of aryl methyl sites for hydroxylation is 1. The van der Waals surface area contributed by atoms with Gasteiger partial charge in [-0.3, -0.25) is 4.79 Å². The minimum absolute atomic E-state index is 0.110. The predicted octanol–water partition coefficient (Wildman–Crippen LogP) is 5.03. The smallest absolute Gasteiger partial charge is 0.256 e. The van der Waals surface area contributed by atoms with Gasteiger partial charge in [0.25, 0.3) is 5.56 Å². The van der Waals surface area contributed by atoms with Gasteiger partial charge in [-0.05, 0) is 61.1 Å². The summed E-state index contributed by atoms with van der Waals surface area (Å²) >= 11 is 0. The maximum absolute atomic E-state index is 12.6. The molecule has 0 amide bonds. The van der Waals surface area contributed by atoms with Crippen molar-refractivity contribution in [1.82, 2.24) is 9.88 Å². The number of nitrogens with one attached hydrogen (secondary N) is 1. The van der Waals surface area contributed by atoms with Gasteiger partial charge in [-0.2, -0.15) is 0 Å². The van der Waals surface area contributed by atoms with E-state index in [4.69, 9.17) is 0 Å². The Morgan fingerprint density at radius 3 is 2.34 bits per heavy atom. The number of rotatable bonds is 4. The van der Waals surface area contributed by atoms with Crippen molar-refractivity contribution in [2.45, 2.75) is 19.8 Å². The highest BCUT2D eigenvalue weighted by Crippen LogP contribution is 2.40. The summed E-state index contributed by atoms with van der Waals surface area (Å²) in [6.45, 7) is 5.10. The van der Waals surface area contributed by atoms with Gasteiger partial charge in [0.15, 0.2) is 0 Å². The standard InChI is InChI=1S/C25H26N2O2/c1-15-13-21(28)22(18-11-9-17(10-12-18)16(2)14-27(3)4)23-19-7-5-6-8-20(19)25(29)26-24(15)23/h5-13,16,28H,14H2,1-4H3,(H,26,29)/t16-/m0/s1. The summed E-state index contributed by atoms with van der Waals surface area (Å²) < 4.78 is 0. The second-order valence-electron chi connectivity index (χ2n) is 8.12. The average Bonchev–Trinajstić information content (AvgIpc) is 2.69. The Balaban J connectivity index is 1.97. The largest absolute Gasteiger partial charge is 0.507 e. The Labute approximate surface area is 170 Å². The van der Waals surface area contributed by atoms with Crippen molar-refractivity contribution in [2.24, 2.45) is 0 Å². The number of phenolic OH excluding ortho intramolecular Hbond substituents is 1. The van der Waals surface area contributed by atoms with Gasteiger partial charge in [0.05, 0.1) is 5.52 Å². The lowest BCUT2D eigenvalue weighted by molar-refractivity contribution is 0.383. The van der Waals surface area contributed by atoms with Crippen molar-refractivity contribution in [3.63, 3.8) is 0 Å². The number of nitrogens with zero attached hydrogens (tertiary/aromatic N) is 1. The molecule has 148 valence electrons. The fourth-order valence-corrected chi connectivity index (χ4v) is 4.23. The molecule has 1 atom stereocenters.